The first kappa shape index (κ1) is 45.1. The number of carboxylic acid groups (broad SMARTS) is 1. The Kier molecular flexibility index (Phi) is 14.5. The van der Waals surface area contributed by atoms with E-state index in [0.717, 1.165) is 54.0 Å². The van der Waals surface area contributed by atoms with Crippen molar-refractivity contribution in [2.45, 2.75) is 34.0 Å². The Hall–Kier alpha value is -6.90. The van der Waals surface area contributed by atoms with Crippen LogP contribution in [-0.2, 0) is 18.0 Å². The Balaban J connectivity index is 0.000000192. The fourth-order valence-electron chi connectivity index (χ4n) is 6.78. The Labute approximate surface area is 385 Å². The molecule has 4 aromatic heterocycles. The van der Waals surface area contributed by atoms with E-state index in [0.29, 0.717) is 29.7 Å². The van der Waals surface area contributed by atoms with Crippen molar-refractivity contribution in [2.24, 2.45) is 0 Å². The molecular formula is C50H40Br2F2N4O6. The molecule has 10 nitrogen and oxygen atoms in total. The SMILES string of the molecule is CCOC(=O)c1cccc(-n2c(C)ccc2-c2cc(Br)ccc2OCc2ccc(F)cc2)n1.Cc1ccc(-c2cc(Br)ccc2OCc2ccc(F)cc2)n1-c1cccc(C(=O)O)n1. The average molecular weight is 991 g/mol. The quantitative estimate of drug-likeness (QED) is 0.114. The molecule has 8 aromatic rings. The summed E-state index contributed by atoms with van der Waals surface area (Å²) in [6.45, 7) is 6.52. The van der Waals surface area contributed by atoms with Gasteiger partial charge in [-0.2, -0.15) is 0 Å². The zero-order chi connectivity index (χ0) is 45.3. The van der Waals surface area contributed by atoms with Gasteiger partial charge in [-0.3, -0.25) is 9.13 Å². The number of rotatable bonds is 13. The number of aromatic carboxylic acids is 1. The second-order valence-electron chi connectivity index (χ2n) is 14.3. The molecule has 0 atom stereocenters. The number of esters is 1. The van der Waals surface area contributed by atoms with Crippen LogP contribution in [-0.4, -0.2) is 42.8 Å². The highest BCUT2D eigenvalue weighted by Gasteiger charge is 2.19. The molecule has 0 radical (unpaired) electrons. The third-order valence-corrected chi connectivity index (χ3v) is 10.8. The summed E-state index contributed by atoms with van der Waals surface area (Å²) in [6, 6.07) is 41.8. The Morgan fingerprint density at radius 2 is 1.03 bits per heavy atom. The van der Waals surface area contributed by atoms with Gasteiger partial charge in [0.2, 0.25) is 0 Å². The van der Waals surface area contributed by atoms with Crippen molar-refractivity contribution in [1.82, 2.24) is 19.1 Å². The van der Waals surface area contributed by atoms with Gasteiger partial charge in [0, 0.05) is 31.5 Å². The number of halogens is 4. The summed E-state index contributed by atoms with van der Waals surface area (Å²) in [6.07, 6.45) is 0. The predicted molar refractivity (Wildman–Crippen MR) is 247 cm³/mol. The minimum absolute atomic E-state index is 0.0291. The number of carboxylic acids is 1. The van der Waals surface area contributed by atoms with E-state index in [-0.39, 0.29) is 36.2 Å². The first-order valence-corrected chi connectivity index (χ1v) is 21.5. The van der Waals surface area contributed by atoms with E-state index in [1.807, 2.05) is 89.7 Å². The molecule has 0 bridgehead atoms. The molecule has 0 spiro atoms. The fraction of sp³-hybridized carbons (Fsp3) is 0.120. The summed E-state index contributed by atoms with van der Waals surface area (Å²) in [5.41, 5.74) is 7.10. The third-order valence-electron chi connectivity index (χ3n) is 9.83. The van der Waals surface area contributed by atoms with Crippen molar-refractivity contribution in [2.75, 3.05) is 6.61 Å². The number of hydrogen-bond acceptors (Lipinski definition) is 7. The maximum Gasteiger partial charge on any atom is 0.356 e. The average Bonchev–Trinajstić information content (AvgIpc) is 3.88. The maximum absolute atomic E-state index is 13.2. The topological polar surface area (TPSA) is 118 Å². The van der Waals surface area contributed by atoms with Crippen LogP contribution in [0.1, 0.15) is 50.4 Å². The lowest BCUT2D eigenvalue weighted by Crippen LogP contribution is -2.10. The first-order chi connectivity index (χ1) is 30.9. The smallest absolute Gasteiger partial charge is 0.356 e. The van der Waals surface area contributed by atoms with Gasteiger partial charge < -0.3 is 19.3 Å². The van der Waals surface area contributed by atoms with Gasteiger partial charge >= 0.3 is 11.9 Å². The van der Waals surface area contributed by atoms with E-state index in [2.05, 4.69) is 41.8 Å². The predicted octanol–water partition coefficient (Wildman–Crippen LogP) is 12.5. The lowest BCUT2D eigenvalue weighted by molar-refractivity contribution is 0.0518. The molecule has 0 fully saturated rings. The van der Waals surface area contributed by atoms with Crippen LogP contribution in [0, 0.1) is 25.5 Å². The highest BCUT2D eigenvalue weighted by atomic mass is 79.9. The molecule has 4 heterocycles. The number of pyridine rings is 2. The monoisotopic (exact) mass is 988 g/mol. The number of hydrogen-bond donors (Lipinski definition) is 1. The van der Waals surface area contributed by atoms with E-state index in [9.17, 15) is 23.5 Å². The van der Waals surface area contributed by atoms with Crippen LogP contribution in [0.2, 0.25) is 0 Å². The van der Waals surface area contributed by atoms with Gasteiger partial charge in [0.1, 0.15) is 48.0 Å². The minimum Gasteiger partial charge on any atom is -0.488 e. The molecule has 1 N–H and O–H groups in total. The Morgan fingerprint density at radius 3 is 1.47 bits per heavy atom. The van der Waals surface area contributed by atoms with E-state index < -0.39 is 11.9 Å². The molecule has 0 aliphatic rings. The maximum atomic E-state index is 13.2. The first-order valence-electron chi connectivity index (χ1n) is 19.9. The van der Waals surface area contributed by atoms with Crippen LogP contribution in [0.25, 0.3) is 34.2 Å². The van der Waals surface area contributed by atoms with Gasteiger partial charge in [0.25, 0.3) is 0 Å². The highest BCUT2D eigenvalue weighted by Crippen LogP contribution is 2.37. The van der Waals surface area contributed by atoms with Crippen LogP contribution < -0.4 is 9.47 Å². The second kappa shape index (κ2) is 20.5. The van der Waals surface area contributed by atoms with E-state index in [4.69, 9.17) is 14.2 Å². The number of aromatic nitrogens is 4. The van der Waals surface area contributed by atoms with Crippen LogP contribution in [0.5, 0.6) is 11.5 Å². The Morgan fingerprint density at radius 1 is 0.594 bits per heavy atom. The van der Waals surface area contributed by atoms with Crippen LogP contribution >= 0.6 is 31.9 Å². The van der Waals surface area contributed by atoms with Gasteiger partial charge in [-0.05, 0) is 141 Å². The van der Waals surface area contributed by atoms with Crippen molar-refractivity contribution < 1.29 is 37.7 Å². The minimum atomic E-state index is -1.08. The summed E-state index contributed by atoms with van der Waals surface area (Å²) < 4.78 is 49.3. The van der Waals surface area contributed by atoms with Gasteiger partial charge in [-0.1, -0.05) is 68.3 Å². The van der Waals surface area contributed by atoms with Gasteiger partial charge in [-0.25, -0.2) is 28.3 Å². The van der Waals surface area contributed by atoms with Crippen LogP contribution in [0.4, 0.5) is 8.78 Å². The van der Waals surface area contributed by atoms with Crippen molar-refractivity contribution in [1.29, 1.82) is 0 Å². The van der Waals surface area contributed by atoms with Gasteiger partial charge in [0.15, 0.2) is 11.4 Å². The number of benzene rings is 4. The summed E-state index contributed by atoms with van der Waals surface area (Å²) in [5.74, 6) is 0.288. The van der Waals surface area contributed by atoms with Crippen molar-refractivity contribution in [3.05, 3.63) is 200 Å². The summed E-state index contributed by atoms with van der Waals surface area (Å²) in [7, 11) is 0. The molecule has 14 heteroatoms. The summed E-state index contributed by atoms with van der Waals surface area (Å²) >= 11 is 7.07. The molecule has 0 saturated carbocycles. The van der Waals surface area contributed by atoms with Gasteiger partial charge in [-0.15, -0.1) is 0 Å². The normalized spacial score (nSPS) is 10.8. The van der Waals surface area contributed by atoms with E-state index in [1.165, 1.54) is 30.3 Å². The third kappa shape index (κ3) is 10.8. The molecule has 0 amide bonds. The lowest BCUT2D eigenvalue weighted by atomic mass is 10.1. The molecular weight excluding hydrogens is 950 g/mol. The zero-order valence-electron chi connectivity index (χ0n) is 34.8. The van der Waals surface area contributed by atoms with Crippen LogP contribution in [0.15, 0.2) is 155 Å². The summed E-state index contributed by atoms with van der Waals surface area (Å²) in [5, 5.41) is 9.32. The van der Waals surface area contributed by atoms with Crippen molar-refractivity contribution >= 4 is 43.8 Å². The van der Waals surface area contributed by atoms with E-state index >= 15 is 0 Å². The molecule has 0 unspecified atom stereocenters. The van der Waals surface area contributed by atoms with Crippen LogP contribution in [0.3, 0.4) is 0 Å². The van der Waals surface area contributed by atoms with Crippen molar-refractivity contribution in [3.8, 4) is 45.6 Å². The fourth-order valence-corrected chi connectivity index (χ4v) is 7.50. The molecule has 0 aliphatic carbocycles. The lowest BCUT2D eigenvalue weighted by Gasteiger charge is -2.16. The number of aryl methyl sites for hydroxylation is 2. The summed E-state index contributed by atoms with van der Waals surface area (Å²) in [4.78, 5) is 32.4. The number of carbonyl (C=O) groups excluding carboxylic acids is 1. The molecule has 0 aliphatic heterocycles. The Bertz CT molecular complexity index is 2930. The molecule has 64 heavy (non-hydrogen) atoms. The number of ether oxygens (including phenoxy) is 3. The molecule has 0 saturated heterocycles. The standard InChI is InChI=1S/C26H22BrFN2O3.C24H18BrFN2O3/c1-3-32-26(31)22-5-4-6-25(29-22)30-17(2)7-13-23(30)21-15-19(27)10-14-24(21)33-16-18-8-11-20(28)12-9-18;1-15-5-11-21(28(15)23-4-2-3-20(27-23)24(29)30)19-13-17(25)8-12-22(19)31-14-16-6-9-18(26)10-7-16/h4-15H,3,16H2,1-2H3;2-13H,14H2,1H3,(H,29,30). The van der Waals surface area contributed by atoms with E-state index in [1.54, 1.807) is 55.5 Å². The number of nitrogens with zero attached hydrogens (tertiary/aromatic N) is 4. The largest absolute Gasteiger partial charge is 0.488 e. The van der Waals surface area contributed by atoms with Crippen molar-refractivity contribution in [3.63, 3.8) is 0 Å². The van der Waals surface area contributed by atoms with Gasteiger partial charge in [0.05, 0.1) is 18.0 Å². The second-order valence-corrected chi connectivity index (χ2v) is 16.1. The highest BCUT2D eigenvalue weighted by molar-refractivity contribution is 9.10. The number of carbonyl (C=O) groups is 2. The molecule has 324 valence electrons. The molecule has 4 aromatic carbocycles. The zero-order valence-corrected chi connectivity index (χ0v) is 37.9. The molecule has 8 rings (SSSR count).